The van der Waals surface area contributed by atoms with Gasteiger partial charge in [0.05, 0.1) is 12.7 Å². The van der Waals surface area contributed by atoms with E-state index in [2.05, 4.69) is 15.0 Å². The number of H-pyrrole nitrogens is 1. The van der Waals surface area contributed by atoms with Crippen LogP contribution in [0.3, 0.4) is 0 Å². The molecule has 0 atom stereocenters. The summed E-state index contributed by atoms with van der Waals surface area (Å²) in [6, 6.07) is 0. The van der Waals surface area contributed by atoms with E-state index in [1.807, 2.05) is 0 Å². The van der Waals surface area contributed by atoms with Crippen LogP contribution in [0.15, 0.2) is 12.7 Å². The van der Waals surface area contributed by atoms with Gasteiger partial charge in [-0.3, -0.25) is 0 Å². The molecule has 2 aromatic heterocycles. The Balaban J connectivity index is 2.92. The topological polar surface area (TPSA) is 66.7 Å². The summed E-state index contributed by atoms with van der Waals surface area (Å²) in [4.78, 5) is 10.7. The van der Waals surface area contributed by atoms with E-state index in [1.165, 1.54) is 17.2 Å². The lowest BCUT2D eigenvalue weighted by atomic mass is 10.5. The van der Waals surface area contributed by atoms with Crippen LogP contribution in [0.1, 0.15) is 0 Å². The molecule has 62 valence electrons. The molecule has 6 heteroatoms. The van der Waals surface area contributed by atoms with E-state index in [1.54, 1.807) is 0 Å². The molecule has 0 saturated heterocycles. The van der Waals surface area contributed by atoms with E-state index in [0.717, 1.165) is 0 Å². The van der Waals surface area contributed by atoms with E-state index in [9.17, 15) is 0 Å². The number of aliphatic hydroxyl groups is 1. The zero-order chi connectivity index (χ0) is 8.55. The lowest BCUT2D eigenvalue weighted by Crippen LogP contribution is -1.95. The van der Waals surface area contributed by atoms with Gasteiger partial charge in [-0.05, 0) is 0 Å². The minimum atomic E-state index is -0.139. The Labute approximate surface area is 72.7 Å². The molecule has 0 aliphatic rings. The molecule has 0 radical (unpaired) electrons. The highest BCUT2D eigenvalue weighted by atomic mass is 32.1. The first-order valence-electron chi connectivity index (χ1n) is 3.32. The second kappa shape index (κ2) is 2.65. The Bertz CT molecular complexity index is 460. The highest BCUT2D eigenvalue weighted by Gasteiger charge is 2.02. The number of aromatic nitrogens is 4. The van der Waals surface area contributed by atoms with Crippen LogP contribution in [0.4, 0.5) is 0 Å². The predicted octanol–water partition coefficient (Wildman–Crippen LogP) is 0.439. The summed E-state index contributed by atoms with van der Waals surface area (Å²) in [7, 11) is 0. The Kier molecular flexibility index (Phi) is 1.63. The number of aromatic amines is 1. The third-order valence-electron chi connectivity index (χ3n) is 1.58. The third kappa shape index (κ3) is 0.926. The maximum absolute atomic E-state index is 8.88. The Morgan fingerprint density at radius 3 is 3.17 bits per heavy atom. The Morgan fingerprint density at radius 1 is 1.58 bits per heavy atom. The van der Waals surface area contributed by atoms with Crippen molar-refractivity contribution < 1.29 is 5.11 Å². The van der Waals surface area contributed by atoms with Crippen LogP contribution >= 0.6 is 12.2 Å². The molecule has 2 heterocycles. The van der Waals surface area contributed by atoms with Crippen LogP contribution in [0, 0.1) is 4.64 Å². The number of hydrogen-bond donors (Lipinski definition) is 2. The molecule has 0 aliphatic heterocycles. The highest BCUT2D eigenvalue weighted by Crippen LogP contribution is 2.08. The largest absolute Gasteiger partial charge is 0.376 e. The highest BCUT2D eigenvalue weighted by molar-refractivity contribution is 7.71. The van der Waals surface area contributed by atoms with Gasteiger partial charge in [0.2, 0.25) is 0 Å². The number of imidazole rings is 1. The summed E-state index contributed by atoms with van der Waals surface area (Å²) in [6.07, 6.45) is 3.00. The molecule has 0 aliphatic carbocycles. The number of rotatable bonds is 1. The summed E-state index contributed by atoms with van der Waals surface area (Å²) < 4.78 is 1.97. The van der Waals surface area contributed by atoms with Gasteiger partial charge in [-0.1, -0.05) is 12.2 Å². The number of fused-ring (bicyclic) bond motifs is 1. The van der Waals surface area contributed by atoms with Crippen molar-refractivity contribution in [3.63, 3.8) is 0 Å². The molecule has 0 bridgehead atoms. The number of nitrogens with one attached hydrogen (secondary N) is 1. The summed E-state index contributed by atoms with van der Waals surface area (Å²) in [6.45, 7) is -0.139. The first-order chi connectivity index (χ1) is 5.83. The molecular formula is C6H6N4OS. The van der Waals surface area contributed by atoms with Crippen LogP contribution in [0.2, 0.25) is 0 Å². The first-order valence-corrected chi connectivity index (χ1v) is 3.73. The van der Waals surface area contributed by atoms with Crippen molar-refractivity contribution in [1.29, 1.82) is 0 Å². The van der Waals surface area contributed by atoms with Crippen LogP contribution in [0.5, 0.6) is 0 Å². The van der Waals surface area contributed by atoms with Crippen molar-refractivity contribution in [3.8, 4) is 0 Å². The average Bonchev–Trinajstić information content (AvgIpc) is 2.49. The van der Waals surface area contributed by atoms with E-state index in [0.29, 0.717) is 15.8 Å². The molecule has 0 fully saturated rings. The van der Waals surface area contributed by atoms with Crippen molar-refractivity contribution in [2.45, 2.75) is 6.73 Å². The average molecular weight is 182 g/mol. The standard InChI is InChI=1S/C6H6N4OS/c11-3-10-2-9-5-4(10)6(12)8-1-7-5/h1-2,11H,3H2,(H,7,8,12). The number of nitrogens with zero attached hydrogens (tertiary/aromatic N) is 3. The lowest BCUT2D eigenvalue weighted by Gasteiger charge is -1.95. The van der Waals surface area contributed by atoms with Gasteiger partial charge in [0.15, 0.2) is 10.3 Å². The maximum atomic E-state index is 8.88. The number of aliphatic hydroxyl groups excluding tert-OH is 1. The second-order valence-corrected chi connectivity index (χ2v) is 2.65. The third-order valence-corrected chi connectivity index (χ3v) is 1.87. The van der Waals surface area contributed by atoms with Crippen molar-refractivity contribution in [1.82, 2.24) is 19.5 Å². The monoisotopic (exact) mass is 182 g/mol. The molecular weight excluding hydrogens is 176 g/mol. The smallest absolute Gasteiger partial charge is 0.160 e. The fourth-order valence-electron chi connectivity index (χ4n) is 1.03. The van der Waals surface area contributed by atoms with Gasteiger partial charge >= 0.3 is 0 Å². The molecule has 5 nitrogen and oxygen atoms in total. The lowest BCUT2D eigenvalue weighted by molar-refractivity contribution is 0.214. The van der Waals surface area contributed by atoms with Gasteiger partial charge in [-0.15, -0.1) is 0 Å². The van der Waals surface area contributed by atoms with E-state index in [4.69, 9.17) is 17.3 Å². The normalized spacial score (nSPS) is 10.8. The fourth-order valence-corrected chi connectivity index (χ4v) is 1.30. The molecule has 2 aromatic rings. The molecule has 0 saturated carbocycles. The molecule has 0 amide bonds. The maximum Gasteiger partial charge on any atom is 0.160 e. The van der Waals surface area contributed by atoms with Crippen LogP contribution < -0.4 is 0 Å². The summed E-state index contributed by atoms with van der Waals surface area (Å²) in [5.74, 6) is 0. The van der Waals surface area contributed by atoms with Gasteiger partial charge in [-0.25, -0.2) is 9.97 Å². The van der Waals surface area contributed by atoms with Crippen LogP contribution in [-0.2, 0) is 6.73 Å². The minimum absolute atomic E-state index is 0.139. The van der Waals surface area contributed by atoms with Crippen LogP contribution in [-0.4, -0.2) is 24.6 Å². The van der Waals surface area contributed by atoms with Gasteiger partial charge in [-0.2, -0.15) is 0 Å². The van der Waals surface area contributed by atoms with Crippen LogP contribution in [0.25, 0.3) is 11.2 Å². The summed E-state index contributed by atoms with van der Waals surface area (Å²) >= 11 is 4.96. The second-order valence-electron chi connectivity index (χ2n) is 2.26. The molecule has 0 spiro atoms. The Morgan fingerprint density at radius 2 is 2.42 bits per heavy atom. The minimum Gasteiger partial charge on any atom is -0.376 e. The van der Waals surface area contributed by atoms with Crippen molar-refractivity contribution in [3.05, 3.63) is 17.3 Å². The van der Waals surface area contributed by atoms with Crippen molar-refractivity contribution >= 4 is 23.4 Å². The molecule has 0 unspecified atom stereocenters. The van der Waals surface area contributed by atoms with Gasteiger partial charge < -0.3 is 14.7 Å². The first kappa shape index (κ1) is 7.38. The van der Waals surface area contributed by atoms with Gasteiger partial charge in [0.1, 0.15) is 12.2 Å². The van der Waals surface area contributed by atoms with E-state index < -0.39 is 0 Å². The van der Waals surface area contributed by atoms with Crippen molar-refractivity contribution in [2.24, 2.45) is 0 Å². The Hall–Kier alpha value is -1.27. The summed E-state index contributed by atoms with van der Waals surface area (Å²) in [5.41, 5.74) is 1.30. The molecule has 12 heavy (non-hydrogen) atoms. The molecule has 2 N–H and O–H groups in total. The fraction of sp³-hybridized carbons (Fsp3) is 0.167. The zero-order valence-electron chi connectivity index (χ0n) is 6.06. The van der Waals surface area contributed by atoms with Gasteiger partial charge in [0.25, 0.3) is 0 Å². The van der Waals surface area contributed by atoms with E-state index >= 15 is 0 Å². The molecule has 0 aromatic carbocycles. The van der Waals surface area contributed by atoms with Gasteiger partial charge in [0, 0.05) is 0 Å². The van der Waals surface area contributed by atoms with E-state index in [-0.39, 0.29) is 6.73 Å². The quantitative estimate of drug-likeness (QED) is 0.628. The molecule has 2 rings (SSSR count). The summed E-state index contributed by atoms with van der Waals surface area (Å²) in [5, 5.41) is 8.88. The number of hydrogen-bond acceptors (Lipinski definition) is 4. The SMILES string of the molecule is OCn1cnc2[nH]cnc(=S)c21. The van der Waals surface area contributed by atoms with Crippen molar-refractivity contribution in [2.75, 3.05) is 0 Å². The zero-order valence-corrected chi connectivity index (χ0v) is 6.88. The predicted molar refractivity (Wildman–Crippen MR) is 44.9 cm³/mol.